The van der Waals surface area contributed by atoms with Crippen molar-refractivity contribution in [1.82, 2.24) is 0 Å². The number of hydrogen-bond acceptors (Lipinski definition) is 0. The van der Waals surface area contributed by atoms with E-state index in [2.05, 4.69) is 0 Å². The molecule has 2 atom stereocenters. The number of alkyl halides is 2. The molecule has 0 aromatic rings. The summed E-state index contributed by atoms with van der Waals surface area (Å²) in [6.45, 7) is 2.74. The van der Waals surface area contributed by atoms with Gasteiger partial charge in [0.25, 0.3) is 0 Å². The topological polar surface area (TPSA) is 0 Å². The van der Waals surface area contributed by atoms with Crippen LogP contribution in [0.4, 0.5) is 8.78 Å². The fourth-order valence-electron chi connectivity index (χ4n) is 0.316. The molecule has 0 N–H and O–H groups in total. The van der Waals surface area contributed by atoms with Gasteiger partial charge >= 0.3 is 0 Å². The van der Waals surface area contributed by atoms with Gasteiger partial charge < -0.3 is 0 Å². The Kier molecular flexibility index (Phi) is 3.45. The first-order valence-corrected chi connectivity index (χ1v) is 3.32. The minimum absolute atomic E-state index is 0.188. The SMILES string of the molecule is CC(F)PC(C)F. The molecule has 7 heavy (non-hydrogen) atoms. The number of halogens is 2. The maximum atomic E-state index is 11.7. The van der Waals surface area contributed by atoms with Gasteiger partial charge in [-0.05, 0) is 22.4 Å². The van der Waals surface area contributed by atoms with Gasteiger partial charge in [0.1, 0.15) is 11.8 Å². The molecule has 2 unspecified atom stereocenters. The van der Waals surface area contributed by atoms with Crippen LogP contribution in [0, 0.1) is 0 Å². The molecule has 0 spiro atoms. The summed E-state index contributed by atoms with van der Waals surface area (Å²) in [5.74, 6) is -1.94. The summed E-state index contributed by atoms with van der Waals surface area (Å²) >= 11 is 0. The molecule has 0 aromatic carbocycles. The molecule has 0 aliphatic rings. The molecular formula is C4H9F2P. The zero-order valence-corrected chi connectivity index (χ0v) is 5.41. The normalized spacial score (nSPS) is 20.6. The second-order valence-electron chi connectivity index (χ2n) is 1.40. The minimum atomic E-state index is -0.972. The van der Waals surface area contributed by atoms with Crippen LogP contribution < -0.4 is 0 Å². The van der Waals surface area contributed by atoms with E-state index in [1.165, 1.54) is 13.8 Å². The van der Waals surface area contributed by atoms with Gasteiger partial charge in [-0.1, -0.05) is 0 Å². The van der Waals surface area contributed by atoms with Crippen molar-refractivity contribution in [1.29, 1.82) is 0 Å². The average molecular weight is 126 g/mol. The Morgan fingerprint density at radius 1 is 1.14 bits per heavy atom. The molecule has 0 aliphatic heterocycles. The van der Waals surface area contributed by atoms with E-state index < -0.39 is 11.8 Å². The molecule has 0 nitrogen and oxygen atoms in total. The fourth-order valence-corrected chi connectivity index (χ4v) is 0.949. The third kappa shape index (κ3) is 6.29. The fraction of sp³-hybridized carbons (Fsp3) is 1.00. The van der Waals surface area contributed by atoms with Crippen LogP contribution in [0.3, 0.4) is 0 Å². The Hall–Kier alpha value is 0.290. The molecule has 0 aromatic heterocycles. The molecule has 0 bridgehead atoms. The van der Waals surface area contributed by atoms with E-state index in [0.29, 0.717) is 0 Å². The standard InChI is InChI=1S/C4H9F2P/c1-3(5)7-4(2)6/h3-4,7H,1-2H3. The maximum Gasteiger partial charge on any atom is 0.116 e. The molecule has 0 rings (SSSR count). The highest BCUT2D eigenvalue weighted by Crippen LogP contribution is 2.26. The summed E-state index contributed by atoms with van der Waals surface area (Å²) in [6.07, 6.45) is 0. The van der Waals surface area contributed by atoms with Crippen molar-refractivity contribution >= 4 is 8.58 Å². The van der Waals surface area contributed by atoms with Crippen LogP contribution in [-0.2, 0) is 0 Å². The van der Waals surface area contributed by atoms with E-state index >= 15 is 0 Å². The predicted octanol–water partition coefficient (Wildman–Crippen LogP) is 2.30. The van der Waals surface area contributed by atoms with Crippen molar-refractivity contribution in [3.05, 3.63) is 0 Å². The summed E-state index contributed by atoms with van der Waals surface area (Å²) in [4.78, 5) is 0. The Morgan fingerprint density at radius 2 is 1.43 bits per heavy atom. The first kappa shape index (κ1) is 7.29. The Morgan fingerprint density at radius 3 is 1.43 bits per heavy atom. The van der Waals surface area contributed by atoms with Gasteiger partial charge in [-0.15, -0.1) is 0 Å². The first-order chi connectivity index (χ1) is 3.13. The zero-order chi connectivity index (χ0) is 5.86. The van der Waals surface area contributed by atoms with E-state index in [-0.39, 0.29) is 8.58 Å². The summed E-state index contributed by atoms with van der Waals surface area (Å²) in [5, 5.41) is 0. The molecule has 0 saturated heterocycles. The third-order valence-electron chi connectivity index (χ3n) is 0.459. The molecule has 3 heteroatoms. The molecule has 0 aliphatic carbocycles. The lowest BCUT2D eigenvalue weighted by molar-refractivity contribution is 0.441. The lowest BCUT2D eigenvalue weighted by Gasteiger charge is -1.99. The molecule has 0 saturated carbocycles. The van der Waals surface area contributed by atoms with Gasteiger partial charge in [0.15, 0.2) is 0 Å². The van der Waals surface area contributed by atoms with Crippen LogP contribution in [0.25, 0.3) is 0 Å². The third-order valence-corrected chi connectivity index (χ3v) is 1.38. The van der Waals surface area contributed by atoms with Gasteiger partial charge in [-0.25, -0.2) is 8.78 Å². The van der Waals surface area contributed by atoms with E-state index in [1.54, 1.807) is 0 Å². The van der Waals surface area contributed by atoms with Gasteiger partial charge in [0.05, 0.1) is 0 Å². The summed E-state index contributed by atoms with van der Waals surface area (Å²) in [5.41, 5.74) is 0. The highest BCUT2D eigenvalue weighted by molar-refractivity contribution is 7.39. The largest absolute Gasteiger partial charge is 0.243 e. The summed E-state index contributed by atoms with van der Waals surface area (Å²) < 4.78 is 23.4. The smallest absolute Gasteiger partial charge is 0.116 e. The average Bonchev–Trinajstić information content (AvgIpc) is 1.27. The number of hydrogen-bond donors (Lipinski definition) is 0. The van der Waals surface area contributed by atoms with Gasteiger partial charge in [0.2, 0.25) is 0 Å². The van der Waals surface area contributed by atoms with Crippen LogP contribution in [0.15, 0.2) is 0 Å². The van der Waals surface area contributed by atoms with Crippen LogP contribution >= 0.6 is 8.58 Å². The van der Waals surface area contributed by atoms with Crippen LogP contribution in [0.1, 0.15) is 13.8 Å². The van der Waals surface area contributed by atoms with Gasteiger partial charge in [0, 0.05) is 0 Å². The van der Waals surface area contributed by atoms with Crippen molar-refractivity contribution < 1.29 is 8.78 Å². The first-order valence-electron chi connectivity index (χ1n) is 2.17. The predicted molar refractivity (Wildman–Crippen MR) is 29.5 cm³/mol. The van der Waals surface area contributed by atoms with Gasteiger partial charge in [-0.3, -0.25) is 0 Å². The highest BCUT2D eigenvalue weighted by Gasteiger charge is 2.02. The zero-order valence-electron chi connectivity index (χ0n) is 4.41. The van der Waals surface area contributed by atoms with Crippen molar-refractivity contribution in [3.63, 3.8) is 0 Å². The molecule has 44 valence electrons. The van der Waals surface area contributed by atoms with E-state index in [0.717, 1.165) is 0 Å². The maximum absolute atomic E-state index is 11.7. The Bertz CT molecular complexity index is 39.0. The molecule has 0 fully saturated rings. The lowest BCUT2D eigenvalue weighted by Crippen LogP contribution is -1.87. The Balaban J connectivity index is 2.95. The Labute approximate surface area is 44.1 Å². The van der Waals surface area contributed by atoms with E-state index in [9.17, 15) is 8.78 Å². The van der Waals surface area contributed by atoms with E-state index in [1.807, 2.05) is 0 Å². The monoisotopic (exact) mass is 126 g/mol. The minimum Gasteiger partial charge on any atom is -0.243 e. The molecule has 0 heterocycles. The van der Waals surface area contributed by atoms with Crippen LogP contribution in [0.2, 0.25) is 0 Å². The molecule has 0 radical (unpaired) electrons. The van der Waals surface area contributed by atoms with Crippen LogP contribution in [-0.4, -0.2) is 11.8 Å². The quantitative estimate of drug-likeness (QED) is 0.498. The van der Waals surface area contributed by atoms with Gasteiger partial charge in [-0.2, -0.15) is 0 Å². The highest BCUT2D eigenvalue weighted by atomic mass is 31.1. The second kappa shape index (κ2) is 3.31. The van der Waals surface area contributed by atoms with Crippen molar-refractivity contribution in [3.8, 4) is 0 Å². The summed E-state index contributed by atoms with van der Waals surface area (Å²) in [6, 6.07) is 0. The van der Waals surface area contributed by atoms with Crippen LogP contribution in [0.5, 0.6) is 0 Å². The number of rotatable bonds is 2. The van der Waals surface area contributed by atoms with Crippen molar-refractivity contribution in [2.75, 3.05) is 0 Å². The second-order valence-corrected chi connectivity index (χ2v) is 3.32. The van der Waals surface area contributed by atoms with Crippen molar-refractivity contribution in [2.24, 2.45) is 0 Å². The lowest BCUT2D eigenvalue weighted by atomic mass is 10.9. The van der Waals surface area contributed by atoms with E-state index in [4.69, 9.17) is 0 Å². The molecule has 0 amide bonds. The van der Waals surface area contributed by atoms with Crippen molar-refractivity contribution in [2.45, 2.75) is 25.7 Å². The summed E-state index contributed by atoms with van der Waals surface area (Å²) in [7, 11) is -0.188. The molecular weight excluding hydrogens is 117 g/mol.